The Bertz CT molecular complexity index is 1660. The zero-order chi connectivity index (χ0) is 29.4. The first-order chi connectivity index (χ1) is 20.3. The normalized spacial score (nSPS) is 14.7. The number of rotatable bonds is 8. The van der Waals surface area contributed by atoms with Gasteiger partial charge in [0.05, 0.1) is 37.8 Å². The molecule has 0 saturated heterocycles. The van der Waals surface area contributed by atoms with E-state index in [1.807, 2.05) is 0 Å². The number of halogens is 3. The summed E-state index contributed by atoms with van der Waals surface area (Å²) in [6.07, 6.45) is 1.73. The molecule has 1 fully saturated rings. The van der Waals surface area contributed by atoms with E-state index in [0.717, 1.165) is 46.1 Å². The number of hydrogen-bond acceptors (Lipinski definition) is 10. The number of benzene rings is 1. The van der Waals surface area contributed by atoms with Gasteiger partial charge in [-0.1, -0.05) is 12.1 Å². The Morgan fingerprint density at radius 3 is 2.55 bits per heavy atom. The molecule has 1 aliphatic carbocycles. The lowest BCUT2D eigenvalue weighted by molar-refractivity contribution is -0.141. The van der Waals surface area contributed by atoms with Gasteiger partial charge >= 0.3 is 6.18 Å². The van der Waals surface area contributed by atoms with Crippen molar-refractivity contribution in [2.75, 3.05) is 26.1 Å². The van der Waals surface area contributed by atoms with Crippen molar-refractivity contribution in [3.05, 3.63) is 64.9 Å². The number of aromatic nitrogens is 6. The molecule has 1 aromatic carbocycles. The van der Waals surface area contributed by atoms with Gasteiger partial charge in [0.2, 0.25) is 11.8 Å². The Hall–Kier alpha value is -4.93. The minimum Gasteiger partial charge on any atom is -0.481 e. The van der Waals surface area contributed by atoms with Gasteiger partial charge in [-0.2, -0.15) is 23.5 Å². The van der Waals surface area contributed by atoms with Crippen LogP contribution in [0.5, 0.6) is 11.8 Å². The number of nitrogens with zero attached hydrogens (tertiary/aromatic N) is 8. The second-order valence-corrected chi connectivity index (χ2v) is 10.0. The third kappa shape index (κ3) is 5.25. The van der Waals surface area contributed by atoms with Gasteiger partial charge in [0, 0.05) is 37.1 Å². The molecular formula is C28H26F3N9O2. The molecule has 0 atom stereocenters. The molecule has 6 rings (SSSR count). The van der Waals surface area contributed by atoms with Crippen LogP contribution in [0.25, 0.3) is 17.1 Å². The highest BCUT2D eigenvalue weighted by Gasteiger charge is 2.36. The molecule has 14 heteroatoms. The summed E-state index contributed by atoms with van der Waals surface area (Å²) in [5.74, 6) is 1.73. The molecule has 1 aliphatic heterocycles. The summed E-state index contributed by atoms with van der Waals surface area (Å²) in [5.41, 5.74) is 3.43. The minimum atomic E-state index is -4.59. The van der Waals surface area contributed by atoms with Crippen LogP contribution < -0.4 is 14.8 Å². The van der Waals surface area contributed by atoms with Crippen LogP contribution in [0.15, 0.2) is 36.7 Å². The van der Waals surface area contributed by atoms with Crippen LogP contribution in [0.3, 0.4) is 0 Å². The van der Waals surface area contributed by atoms with Gasteiger partial charge in [-0.15, -0.1) is 0 Å². The van der Waals surface area contributed by atoms with E-state index in [4.69, 9.17) is 19.4 Å². The summed E-state index contributed by atoms with van der Waals surface area (Å²) in [6, 6.07) is 7.76. The van der Waals surface area contributed by atoms with Gasteiger partial charge in [0.15, 0.2) is 17.7 Å². The van der Waals surface area contributed by atoms with Crippen LogP contribution in [-0.2, 0) is 25.7 Å². The molecule has 216 valence electrons. The second kappa shape index (κ2) is 10.8. The molecule has 0 unspecified atom stereocenters. The fourth-order valence-corrected chi connectivity index (χ4v) is 4.94. The van der Waals surface area contributed by atoms with E-state index >= 15 is 0 Å². The first kappa shape index (κ1) is 27.3. The molecule has 11 nitrogen and oxygen atoms in total. The Balaban J connectivity index is 1.31. The van der Waals surface area contributed by atoms with Crippen molar-refractivity contribution in [3.8, 4) is 35.0 Å². The third-order valence-corrected chi connectivity index (χ3v) is 7.24. The Kier molecular flexibility index (Phi) is 7.01. The summed E-state index contributed by atoms with van der Waals surface area (Å²) in [5, 5.41) is 16.6. The highest BCUT2D eigenvalue weighted by molar-refractivity contribution is 5.68. The molecule has 0 bridgehead atoms. The molecular weight excluding hydrogens is 551 g/mol. The van der Waals surface area contributed by atoms with Crippen LogP contribution in [-0.4, -0.2) is 55.4 Å². The molecule has 4 heterocycles. The maximum Gasteiger partial charge on any atom is 0.435 e. The number of nitriles is 1. The average molecular weight is 578 g/mol. The van der Waals surface area contributed by atoms with Gasteiger partial charge in [-0.3, -0.25) is 0 Å². The molecule has 2 aliphatic rings. The average Bonchev–Trinajstić information content (AvgIpc) is 3.76. The maximum absolute atomic E-state index is 13.2. The van der Waals surface area contributed by atoms with Crippen LogP contribution >= 0.6 is 0 Å². The van der Waals surface area contributed by atoms with Crippen molar-refractivity contribution in [3.63, 3.8) is 0 Å². The molecule has 42 heavy (non-hydrogen) atoms. The Morgan fingerprint density at radius 1 is 1.10 bits per heavy atom. The largest absolute Gasteiger partial charge is 0.481 e. The summed E-state index contributed by atoms with van der Waals surface area (Å²) >= 11 is 0. The summed E-state index contributed by atoms with van der Waals surface area (Å²) in [4.78, 5) is 20.2. The smallest absolute Gasteiger partial charge is 0.435 e. The first-order valence-electron chi connectivity index (χ1n) is 13.3. The van der Waals surface area contributed by atoms with Crippen LogP contribution in [0.2, 0.25) is 0 Å². The van der Waals surface area contributed by atoms with Crippen molar-refractivity contribution in [1.29, 1.82) is 5.26 Å². The fourth-order valence-electron chi connectivity index (χ4n) is 4.94. The molecule has 0 spiro atoms. The molecule has 0 amide bonds. The minimum absolute atomic E-state index is 0.0266. The molecule has 0 radical (unpaired) electrons. The topological polar surface area (TPSA) is 127 Å². The van der Waals surface area contributed by atoms with Gasteiger partial charge in [-0.05, 0) is 30.5 Å². The van der Waals surface area contributed by atoms with Crippen LogP contribution in [0.4, 0.5) is 19.0 Å². The van der Waals surface area contributed by atoms with Crippen molar-refractivity contribution in [2.24, 2.45) is 0 Å². The number of ether oxygens (including phenoxy) is 2. The standard InChI is InChI=1S/C28H26F3N9O2/c1-41-22-11-21(28(29,30)31)38-40(22)18-7-3-16(4-8-18)12-33-25-19-13-39(14-32)10-9-20(19)36-26(37-25)23-24(17-5-6-17)34-15-35-27(23)42-2/h3-4,7-8,11,15,17H,5-6,9-10,12-13H2,1-2H3,(H,33,36,37). The molecule has 1 saturated carbocycles. The molecule has 3 aromatic heterocycles. The van der Waals surface area contributed by atoms with Crippen molar-refractivity contribution in [2.45, 2.75) is 44.4 Å². The summed E-state index contributed by atoms with van der Waals surface area (Å²) < 4.78 is 51.3. The van der Waals surface area contributed by atoms with E-state index in [0.29, 0.717) is 60.7 Å². The van der Waals surface area contributed by atoms with Gasteiger partial charge in [0.25, 0.3) is 0 Å². The van der Waals surface area contributed by atoms with E-state index in [-0.39, 0.29) is 5.88 Å². The maximum atomic E-state index is 13.2. The zero-order valence-corrected chi connectivity index (χ0v) is 22.8. The second-order valence-electron chi connectivity index (χ2n) is 10.0. The lowest BCUT2D eigenvalue weighted by Crippen LogP contribution is -2.28. The number of alkyl halides is 3. The lowest BCUT2D eigenvalue weighted by atomic mass is 10.0. The van der Waals surface area contributed by atoms with Crippen LogP contribution in [0.1, 0.15) is 47.0 Å². The van der Waals surface area contributed by atoms with Crippen LogP contribution in [0, 0.1) is 11.5 Å². The molecule has 4 aromatic rings. The number of hydrogen-bond donors (Lipinski definition) is 1. The van der Waals surface area contributed by atoms with Crippen molar-refractivity contribution >= 4 is 5.82 Å². The predicted molar refractivity (Wildman–Crippen MR) is 144 cm³/mol. The monoisotopic (exact) mass is 577 g/mol. The highest BCUT2D eigenvalue weighted by atomic mass is 19.4. The lowest BCUT2D eigenvalue weighted by Gasteiger charge is -2.26. The quantitative estimate of drug-likeness (QED) is 0.300. The van der Waals surface area contributed by atoms with Crippen molar-refractivity contribution < 1.29 is 22.6 Å². The zero-order valence-electron chi connectivity index (χ0n) is 22.8. The third-order valence-electron chi connectivity index (χ3n) is 7.24. The Labute approximate surface area is 239 Å². The highest BCUT2D eigenvalue weighted by Crippen LogP contribution is 2.45. The number of anilines is 1. The molecule has 1 N–H and O–H groups in total. The van der Waals surface area contributed by atoms with E-state index < -0.39 is 11.9 Å². The van der Waals surface area contributed by atoms with E-state index in [2.05, 4.69) is 26.6 Å². The summed E-state index contributed by atoms with van der Waals surface area (Å²) in [6.45, 7) is 1.27. The first-order valence-corrected chi connectivity index (χ1v) is 13.3. The van der Waals surface area contributed by atoms with E-state index in [1.54, 1.807) is 36.3 Å². The van der Waals surface area contributed by atoms with Crippen molar-refractivity contribution in [1.82, 2.24) is 34.6 Å². The van der Waals surface area contributed by atoms with Gasteiger partial charge < -0.3 is 19.7 Å². The number of nitrogens with one attached hydrogen (secondary N) is 1. The summed E-state index contributed by atoms with van der Waals surface area (Å²) in [7, 11) is 2.85. The predicted octanol–water partition coefficient (Wildman–Crippen LogP) is 4.48. The van der Waals surface area contributed by atoms with Gasteiger partial charge in [0.1, 0.15) is 17.7 Å². The van der Waals surface area contributed by atoms with Gasteiger partial charge in [-0.25, -0.2) is 24.6 Å². The number of methoxy groups -OCH3 is 2. The van der Waals surface area contributed by atoms with E-state index in [9.17, 15) is 18.4 Å². The fraction of sp³-hybridized carbons (Fsp3) is 0.357. The Morgan fingerprint density at radius 2 is 1.88 bits per heavy atom. The number of fused-ring (bicyclic) bond motifs is 1. The SMILES string of the molecule is COc1ncnc(C2CC2)c1-c1nc2c(c(NCc3ccc(-n4nc(C(F)(F)F)cc4OC)cc3)n1)CN(C#N)CC2. The van der Waals surface area contributed by atoms with E-state index in [1.165, 1.54) is 13.4 Å².